The van der Waals surface area contributed by atoms with Gasteiger partial charge in [0.25, 0.3) is 5.91 Å². The number of hydrogen-bond donors (Lipinski definition) is 0. The highest BCUT2D eigenvalue weighted by molar-refractivity contribution is 7.18. The van der Waals surface area contributed by atoms with Crippen LogP contribution in [0.1, 0.15) is 34.2 Å². The van der Waals surface area contributed by atoms with E-state index < -0.39 is 0 Å². The van der Waals surface area contributed by atoms with Crippen molar-refractivity contribution in [2.45, 2.75) is 18.9 Å². The van der Waals surface area contributed by atoms with Crippen LogP contribution in [0, 0.1) is 0 Å². The van der Waals surface area contributed by atoms with Gasteiger partial charge in [-0.15, -0.1) is 11.3 Å². The first-order valence-electron chi connectivity index (χ1n) is 9.06. The molecule has 3 heterocycles. The number of amides is 1. The standard InChI is InChI=1S/C21H18N4OS/c26-21(15-8-10-16(11-9-15)25-14-4-12-22-25)24-13-3-6-18(24)20-23-17-5-1-2-7-19(17)27-20/h1-2,4-5,7-12,14,18H,3,6,13H2/t18-/m0/s1. The molecule has 5 nitrogen and oxygen atoms in total. The van der Waals surface area contributed by atoms with Crippen molar-refractivity contribution in [2.75, 3.05) is 6.54 Å². The number of carbonyl (C=O) groups excluding carboxylic acids is 1. The summed E-state index contributed by atoms with van der Waals surface area (Å²) in [6, 6.07) is 17.7. The molecule has 27 heavy (non-hydrogen) atoms. The Hall–Kier alpha value is -2.99. The predicted molar refractivity (Wildman–Crippen MR) is 106 cm³/mol. The van der Waals surface area contributed by atoms with Crippen molar-refractivity contribution < 1.29 is 4.79 Å². The smallest absolute Gasteiger partial charge is 0.254 e. The van der Waals surface area contributed by atoms with Crippen LogP contribution >= 0.6 is 11.3 Å². The lowest BCUT2D eigenvalue weighted by molar-refractivity contribution is 0.0735. The molecule has 134 valence electrons. The van der Waals surface area contributed by atoms with E-state index in [-0.39, 0.29) is 11.9 Å². The molecule has 0 spiro atoms. The molecule has 4 aromatic rings. The number of fused-ring (bicyclic) bond motifs is 1. The second-order valence-corrected chi connectivity index (χ2v) is 7.74. The highest BCUT2D eigenvalue weighted by Crippen LogP contribution is 2.37. The molecule has 1 atom stereocenters. The zero-order valence-electron chi connectivity index (χ0n) is 14.7. The lowest BCUT2D eigenvalue weighted by atomic mass is 10.1. The van der Waals surface area contributed by atoms with Gasteiger partial charge in [-0.05, 0) is 55.3 Å². The van der Waals surface area contributed by atoms with E-state index in [1.807, 2.05) is 59.6 Å². The third kappa shape index (κ3) is 2.92. The van der Waals surface area contributed by atoms with Gasteiger partial charge in [0.1, 0.15) is 5.01 Å². The third-order valence-corrected chi connectivity index (χ3v) is 6.13. The van der Waals surface area contributed by atoms with Gasteiger partial charge in [-0.25, -0.2) is 9.67 Å². The van der Waals surface area contributed by atoms with Crippen molar-refractivity contribution in [2.24, 2.45) is 0 Å². The van der Waals surface area contributed by atoms with Crippen molar-refractivity contribution in [3.05, 3.63) is 77.6 Å². The van der Waals surface area contributed by atoms with Crippen LogP contribution in [0.4, 0.5) is 0 Å². The lowest BCUT2D eigenvalue weighted by Crippen LogP contribution is -2.30. The molecule has 2 aromatic heterocycles. The van der Waals surface area contributed by atoms with E-state index in [0.717, 1.165) is 35.6 Å². The lowest BCUT2D eigenvalue weighted by Gasteiger charge is -2.23. The second kappa shape index (κ2) is 6.63. The first kappa shape index (κ1) is 16.2. The summed E-state index contributed by atoms with van der Waals surface area (Å²) in [6.45, 7) is 0.778. The molecular formula is C21H18N4OS. The Kier molecular flexibility index (Phi) is 3.98. The van der Waals surface area contributed by atoms with Gasteiger partial charge < -0.3 is 4.90 Å². The maximum absolute atomic E-state index is 13.1. The molecule has 0 N–H and O–H groups in total. The van der Waals surface area contributed by atoms with E-state index in [9.17, 15) is 4.79 Å². The summed E-state index contributed by atoms with van der Waals surface area (Å²) in [5.74, 6) is 0.0729. The maximum atomic E-state index is 13.1. The molecule has 6 heteroatoms. The largest absolute Gasteiger partial charge is 0.329 e. The van der Waals surface area contributed by atoms with Crippen LogP contribution in [-0.4, -0.2) is 32.1 Å². The Labute approximate surface area is 160 Å². The normalized spacial score (nSPS) is 16.9. The Morgan fingerprint density at radius 3 is 2.70 bits per heavy atom. The minimum absolute atomic E-state index is 0.0701. The SMILES string of the molecule is O=C(c1ccc(-n2cccn2)cc1)N1CCC[C@H]1c1nc2ccccc2s1. The number of rotatable bonds is 3. The van der Waals surface area contributed by atoms with Crippen LogP contribution in [0.2, 0.25) is 0 Å². The first-order chi connectivity index (χ1) is 13.3. The van der Waals surface area contributed by atoms with Gasteiger partial charge in [0.05, 0.1) is 21.9 Å². The molecule has 2 aromatic carbocycles. The molecule has 1 amide bonds. The summed E-state index contributed by atoms with van der Waals surface area (Å²) in [5.41, 5.74) is 2.67. The number of aromatic nitrogens is 3. The van der Waals surface area contributed by atoms with Crippen LogP contribution < -0.4 is 0 Å². The minimum atomic E-state index is 0.0701. The zero-order valence-corrected chi connectivity index (χ0v) is 15.5. The zero-order chi connectivity index (χ0) is 18.2. The van der Waals surface area contributed by atoms with Gasteiger partial charge in [0.2, 0.25) is 0 Å². The number of hydrogen-bond acceptors (Lipinski definition) is 4. The molecule has 1 aliphatic rings. The number of likely N-dealkylation sites (tertiary alicyclic amines) is 1. The number of nitrogens with zero attached hydrogens (tertiary/aromatic N) is 4. The summed E-state index contributed by atoms with van der Waals surface area (Å²) in [4.78, 5) is 19.9. The molecule has 1 saturated heterocycles. The molecule has 0 bridgehead atoms. The van der Waals surface area contributed by atoms with E-state index in [2.05, 4.69) is 11.2 Å². The fraction of sp³-hybridized carbons (Fsp3) is 0.190. The predicted octanol–water partition coefficient (Wildman–Crippen LogP) is 4.46. The monoisotopic (exact) mass is 374 g/mol. The van der Waals surface area contributed by atoms with Crippen LogP contribution in [0.5, 0.6) is 0 Å². The van der Waals surface area contributed by atoms with Gasteiger partial charge >= 0.3 is 0 Å². The molecular weight excluding hydrogens is 356 g/mol. The van der Waals surface area contributed by atoms with Gasteiger partial charge in [0.15, 0.2) is 0 Å². The average Bonchev–Trinajstić information content (AvgIpc) is 3.47. The second-order valence-electron chi connectivity index (χ2n) is 6.67. The van der Waals surface area contributed by atoms with Crippen LogP contribution in [0.25, 0.3) is 15.9 Å². The van der Waals surface area contributed by atoms with Crippen LogP contribution in [0.15, 0.2) is 67.0 Å². The highest BCUT2D eigenvalue weighted by atomic mass is 32.1. The topological polar surface area (TPSA) is 51.0 Å². The van der Waals surface area contributed by atoms with E-state index >= 15 is 0 Å². The summed E-state index contributed by atoms with van der Waals surface area (Å²) in [7, 11) is 0. The Morgan fingerprint density at radius 2 is 1.93 bits per heavy atom. The number of benzene rings is 2. The van der Waals surface area contributed by atoms with E-state index in [1.165, 1.54) is 4.70 Å². The van der Waals surface area contributed by atoms with Gasteiger partial charge in [-0.1, -0.05) is 12.1 Å². The van der Waals surface area contributed by atoms with Gasteiger partial charge in [-0.2, -0.15) is 5.10 Å². The van der Waals surface area contributed by atoms with Crippen LogP contribution in [-0.2, 0) is 0 Å². The molecule has 0 aliphatic carbocycles. The van der Waals surface area contributed by atoms with Gasteiger partial charge in [-0.3, -0.25) is 4.79 Å². The molecule has 0 radical (unpaired) electrons. The molecule has 1 aliphatic heterocycles. The Bertz CT molecular complexity index is 1050. The summed E-state index contributed by atoms with van der Waals surface area (Å²) < 4.78 is 2.96. The van der Waals surface area contributed by atoms with Crippen molar-refractivity contribution >= 4 is 27.5 Å². The molecule has 0 unspecified atom stereocenters. The Morgan fingerprint density at radius 1 is 1.07 bits per heavy atom. The van der Waals surface area contributed by atoms with Crippen molar-refractivity contribution in [1.29, 1.82) is 0 Å². The minimum Gasteiger partial charge on any atom is -0.329 e. The average molecular weight is 374 g/mol. The number of thiazole rings is 1. The highest BCUT2D eigenvalue weighted by Gasteiger charge is 2.32. The summed E-state index contributed by atoms with van der Waals surface area (Å²) in [6.07, 6.45) is 5.61. The maximum Gasteiger partial charge on any atom is 0.254 e. The number of para-hydroxylation sites is 1. The number of carbonyl (C=O) groups is 1. The fourth-order valence-corrected chi connectivity index (χ4v) is 4.76. The van der Waals surface area contributed by atoms with E-state index in [0.29, 0.717) is 5.56 Å². The van der Waals surface area contributed by atoms with Crippen molar-refractivity contribution in [3.63, 3.8) is 0 Å². The molecule has 5 rings (SSSR count). The third-order valence-electron chi connectivity index (χ3n) is 4.99. The van der Waals surface area contributed by atoms with Crippen molar-refractivity contribution in [3.8, 4) is 5.69 Å². The Balaban J connectivity index is 1.41. The quantitative estimate of drug-likeness (QED) is 0.532. The van der Waals surface area contributed by atoms with Crippen LogP contribution in [0.3, 0.4) is 0 Å². The van der Waals surface area contributed by atoms with Crippen molar-refractivity contribution in [1.82, 2.24) is 19.7 Å². The summed E-state index contributed by atoms with van der Waals surface area (Å²) in [5, 5.41) is 5.26. The van der Waals surface area contributed by atoms with Gasteiger partial charge in [0, 0.05) is 24.5 Å². The molecule has 0 saturated carbocycles. The first-order valence-corrected chi connectivity index (χ1v) is 9.88. The summed E-state index contributed by atoms with van der Waals surface area (Å²) >= 11 is 1.69. The molecule has 1 fully saturated rings. The van der Waals surface area contributed by atoms with E-state index in [4.69, 9.17) is 4.98 Å². The fourth-order valence-electron chi connectivity index (χ4n) is 3.64. The van der Waals surface area contributed by atoms with E-state index in [1.54, 1.807) is 22.2 Å².